The van der Waals surface area contributed by atoms with E-state index in [0.29, 0.717) is 18.6 Å². The summed E-state index contributed by atoms with van der Waals surface area (Å²) in [7, 11) is 0. The van der Waals surface area contributed by atoms with Gasteiger partial charge in [-0.05, 0) is 29.8 Å². The fourth-order valence-electron chi connectivity index (χ4n) is 1.56. The van der Waals surface area contributed by atoms with E-state index in [9.17, 15) is 4.79 Å². The van der Waals surface area contributed by atoms with Gasteiger partial charge in [0, 0.05) is 6.20 Å². The number of carbonyl (C=O) groups is 1. The number of ether oxygens (including phenoxy) is 2. The predicted molar refractivity (Wildman–Crippen MR) is 75.1 cm³/mol. The highest BCUT2D eigenvalue weighted by Gasteiger charge is 2.01. The summed E-state index contributed by atoms with van der Waals surface area (Å²) in [4.78, 5) is 15.1. The van der Waals surface area contributed by atoms with Crippen molar-refractivity contribution in [3.63, 3.8) is 0 Å². The van der Waals surface area contributed by atoms with E-state index in [1.165, 1.54) is 0 Å². The fraction of sp³-hybridized carbons (Fsp3) is 0.133. The second-order valence-corrected chi connectivity index (χ2v) is 4.11. The van der Waals surface area contributed by atoms with Crippen LogP contribution < -0.4 is 4.74 Å². The molecule has 21 heavy (non-hydrogen) atoms. The summed E-state index contributed by atoms with van der Waals surface area (Å²) >= 11 is 0. The first-order valence-electron chi connectivity index (χ1n) is 6.24. The average molecular weight is 286 g/mol. The Morgan fingerprint density at radius 3 is 2.67 bits per heavy atom. The number of rotatable bonds is 6. The standard InChI is InChI=1S/C15H14N2O4/c18-15(9-17-19)21-10-12-4-6-14(7-5-12)20-11-13-3-1-2-8-16-13/h1-9,19H,10-11H2/b17-9+. The molecule has 0 unspecified atom stereocenters. The fourth-order valence-corrected chi connectivity index (χ4v) is 1.56. The highest BCUT2D eigenvalue weighted by atomic mass is 16.5. The lowest BCUT2D eigenvalue weighted by Crippen LogP contribution is -2.05. The monoisotopic (exact) mass is 286 g/mol. The van der Waals surface area contributed by atoms with Crippen molar-refractivity contribution in [2.45, 2.75) is 13.2 Å². The minimum Gasteiger partial charge on any atom is -0.487 e. The summed E-state index contributed by atoms with van der Waals surface area (Å²) in [5.41, 5.74) is 1.65. The molecule has 108 valence electrons. The Balaban J connectivity index is 1.83. The Kier molecular flexibility index (Phi) is 5.28. The van der Waals surface area contributed by atoms with Gasteiger partial charge in [0.15, 0.2) is 6.21 Å². The van der Waals surface area contributed by atoms with Gasteiger partial charge >= 0.3 is 5.97 Å². The maximum absolute atomic E-state index is 11.0. The van der Waals surface area contributed by atoms with Gasteiger partial charge in [0.05, 0.1) is 5.69 Å². The third-order valence-electron chi connectivity index (χ3n) is 2.58. The molecule has 1 aromatic carbocycles. The third-order valence-corrected chi connectivity index (χ3v) is 2.58. The molecule has 0 aliphatic rings. The number of pyridine rings is 1. The molecule has 0 bridgehead atoms. The Hall–Kier alpha value is -2.89. The second kappa shape index (κ2) is 7.64. The van der Waals surface area contributed by atoms with Gasteiger partial charge in [-0.3, -0.25) is 4.98 Å². The Morgan fingerprint density at radius 1 is 1.19 bits per heavy atom. The summed E-state index contributed by atoms with van der Waals surface area (Å²) in [6.45, 7) is 0.494. The number of aromatic nitrogens is 1. The third kappa shape index (κ3) is 4.94. The average Bonchev–Trinajstić information content (AvgIpc) is 2.53. The number of benzene rings is 1. The SMILES string of the molecule is O=C(/C=N/O)OCc1ccc(OCc2ccccn2)cc1. The van der Waals surface area contributed by atoms with Gasteiger partial charge in [-0.15, -0.1) is 0 Å². The second-order valence-electron chi connectivity index (χ2n) is 4.11. The van der Waals surface area contributed by atoms with E-state index in [0.717, 1.165) is 11.3 Å². The van der Waals surface area contributed by atoms with Crippen LogP contribution in [0.3, 0.4) is 0 Å². The lowest BCUT2D eigenvalue weighted by molar-refractivity contribution is -0.136. The summed E-state index contributed by atoms with van der Waals surface area (Å²) in [6, 6.07) is 12.8. The number of oxime groups is 1. The van der Waals surface area contributed by atoms with Crippen LogP contribution in [-0.4, -0.2) is 22.4 Å². The van der Waals surface area contributed by atoms with Crippen molar-refractivity contribution in [3.05, 3.63) is 59.9 Å². The van der Waals surface area contributed by atoms with Crippen molar-refractivity contribution in [2.75, 3.05) is 0 Å². The van der Waals surface area contributed by atoms with Crippen LogP contribution in [-0.2, 0) is 22.7 Å². The molecule has 0 aliphatic heterocycles. The maximum Gasteiger partial charge on any atom is 0.353 e. The number of hydrogen-bond donors (Lipinski definition) is 1. The van der Waals surface area contributed by atoms with Crippen LogP contribution in [0.5, 0.6) is 5.75 Å². The highest BCUT2D eigenvalue weighted by Crippen LogP contribution is 2.14. The van der Waals surface area contributed by atoms with Gasteiger partial charge < -0.3 is 14.7 Å². The van der Waals surface area contributed by atoms with E-state index in [2.05, 4.69) is 10.1 Å². The molecule has 2 rings (SSSR count). The molecule has 1 aromatic heterocycles. The first kappa shape index (κ1) is 14.5. The molecule has 0 fully saturated rings. The molecule has 6 nitrogen and oxygen atoms in total. The van der Waals surface area contributed by atoms with E-state index >= 15 is 0 Å². The molecule has 0 saturated heterocycles. The lowest BCUT2D eigenvalue weighted by Gasteiger charge is -2.07. The largest absolute Gasteiger partial charge is 0.487 e. The molecule has 0 saturated carbocycles. The molecule has 0 radical (unpaired) electrons. The minimum atomic E-state index is -0.701. The Morgan fingerprint density at radius 2 is 2.00 bits per heavy atom. The van der Waals surface area contributed by atoms with Crippen LogP contribution in [0.25, 0.3) is 0 Å². The summed E-state index contributed by atoms with van der Waals surface area (Å²) in [5.74, 6) is 0.000582. The summed E-state index contributed by atoms with van der Waals surface area (Å²) in [5, 5.41) is 10.8. The van der Waals surface area contributed by atoms with Crippen molar-refractivity contribution in [2.24, 2.45) is 5.16 Å². The number of esters is 1. The zero-order chi connectivity index (χ0) is 14.9. The first-order chi connectivity index (χ1) is 10.3. The topological polar surface area (TPSA) is 81.0 Å². The molecule has 0 aliphatic carbocycles. The molecule has 1 N–H and O–H groups in total. The summed E-state index contributed by atoms with van der Waals surface area (Å²) < 4.78 is 10.4. The van der Waals surface area contributed by atoms with Crippen LogP contribution in [0.4, 0.5) is 0 Å². The van der Waals surface area contributed by atoms with Crippen LogP contribution in [0.15, 0.2) is 53.8 Å². The number of nitrogens with zero attached hydrogens (tertiary/aromatic N) is 2. The smallest absolute Gasteiger partial charge is 0.353 e. The van der Waals surface area contributed by atoms with Gasteiger partial charge in [-0.2, -0.15) is 0 Å². The molecule has 6 heteroatoms. The van der Waals surface area contributed by atoms with Gasteiger partial charge in [0.25, 0.3) is 0 Å². The Bertz CT molecular complexity index is 597. The Labute approximate surface area is 121 Å². The molecule has 0 spiro atoms. The number of carbonyl (C=O) groups excluding carboxylic acids is 1. The first-order valence-corrected chi connectivity index (χ1v) is 6.24. The predicted octanol–water partition coefficient (Wildman–Crippen LogP) is 2.16. The number of hydrogen-bond acceptors (Lipinski definition) is 6. The van der Waals surface area contributed by atoms with E-state index in [-0.39, 0.29) is 6.61 Å². The minimum absolute atomic E-state index is 0.103. The van der Waals surface area contributed by atoms with Crippen molar-refractivity contribution >= 4 is 12.2 Å². The maximum atomic E-state index is 11.0. The molecular weight excluding hydrogens is 272 g/mol. The van der Waals surface area contributed by atoms with Crippen molar-refractivity contribution in [1.29, 1.82) is 0 Å². The zero-order valence-corrected chi connectivity index (χ0v) is 11.2. The normalized spacial score (nSPS) is 10.5. The van der Waals surface area contributed by atoms with Crippen LogP contribution in [0.2, 0.25) is 0 Å². The van der Waals surface area contributed by atoms with Crippen molar-refractivity contribution in [1.82, 2.24) is 4.98 Å². The van der Waals surface area contributed by atoms with E-state index in [4.69, 9.17) is 14.7 Å². The summed E-state index contributed by atoms with van der Waals surface area (Å²) in [6.07, 6.45) is 2.41. The highest BCUT2D eigenvalue weighted by molar-refractivity contribution is 6.22. The zero-order valence-electron chi connectivity index (χ0n) is 11.2. The van der Waals surface area contributed by atoms with Crippen LogP contribution in [0.1, 0.15) is 11.3 Å². The van der Waals surface area contributed by atoms with Crippen molar-refractivity contribution < 1.29 is 19.5 Å². The van der Waals surface area contributed by atoms with E-state index in [1.807, 2.05) is 18.2 Å². The van der Waals surface area contributed by atoms with Crippen LogP contribution in [0, 0.1) is 0 Å². The van der Waals surface area contributed by atoms with E-state index < -0.39 is 5.97 Å². The van der Waals surface area contributed by atoms with Gasteiger partial charge in [0.1, 0.15) is 19.0 Å². The lowest BCUT2D eigenvalue weighted by atomic mass is 10.2. The van der Waals surface area contributed by atoms with Crippen LogP contribution >= 0.6 is 0 Å². The molecule has 1 heterocycles. The van der Waals surface area contributed by atoms with Gasteiger partial charge in [0.2, 0.25) is 0 Å². The molecule has 0 amide bonds. The molecular formula is C15H14N2O4. The molecule has 2 aromatic rings. The van der Waals surface area contributed by atoms with Gasteiger partial charge in [-0.25, -0.2) is 4.79 Å². The van der Waals surface area contributed by atoms with E-state index in [1.54, 1.807) is 30.5 Å². The van der Waals surface area contributed by atoms with Gasteiger partial charge in [-0.1, -0.05) is 23.4 Å². The van der Waals surface area contributed by atoms with Crippen molar-refractivity contribution in [3.8, 4) is 5.75 Å². The molecule has 0 atom stereocenters. The quantitative estimate of drug-likeness (QED) is 0.381.